The molecule has 7 rings (SSSR count). The summed E-state index contributed by atoms with van der Waals surface area (Å²) in [4.78, 5) is 2.52. The fourth-order valence-corrected chi connectivity index (χ4v) is 7.43. The van der Waals surface area contributed by atoms with E-state index in [0.29, 0.717) is 0 Å². The van der Waals surface area contributed by atoms with Crippen molar-refractivity contribution in [2.45, 2.75) is 84.5 Å². The highest BCUT2D eigenvalue weighted by Crippen LogP contribution is 2.53. The van der Waals surface area contributed by atoms with E-state index in [9.17, 15) is 0 Å². The van der Waals surface area contributed by atoms with Crippen molar-refractivity contribution in [2.75, 3.05) is 4.90 Å². The molecule has 0 amide bonds. The van der Waals surface area contributed by atoms with Crippen molar-refractivity contribution >= 4 is 40.2 Å². The molecule has 3 heteroatoms. The smallest absolute Gasteiger partial charge is 0.256 e. The molecule has 2 aliphatic heterocycles. The predicted molar refractivity (Wildman–Crippen MR) is 171 cm³/mol. The molecule has 0 bridgehead atoms. The quantitative estimate of drug-likeness (QED) is 0.216. The summed E-state index contributed by atoms with van der Waals surface area (Å²) < 4.78 is 7.02. The molecule has 40 heavy (non-hydrogen) atoms. The minimum Gasteiger partial charge on any atom is -0.458 e. The number of ether oxygens (including phenoxy) is 1. The fraction of sp³-hybridized carbons (Fsp3) is 0.351. The van der Waals surface area contributed by atoms with Gasteiger partial charge in [-0.3, -0.25) is 0 Å². The molecule has 2 heterocycles. The first-order valence-corrected chi connectivity index (χ1v) is 15.2. The first-order valence-electron chi connectivity index (χ1n) is 15.2. The van der Waals surface area contributed by atoms with E-state index in [1.807, 2.05) is 0 Å². The second-order valence-corrected chi connectivity index (χ2v) is 13.6. The average Bonchev–Trinajstić information content (AvgIpc) is 2.94. The Hall–Kier alpha value is -3.46. The molecule has 1 aliphatic carbocycles. The van der Waals surface area contributed by atoms with Gasteiger partial charge in [-0.05, 0) is 101 Å². The highest BCUT2D eigenvalue weighted by atomic mass is 16.5. The van der Waals surface area contributed by atoms with Crippen LogP contribution in [0.5, 0.6) is 11.5 Å². The zero-order chi connectivity index (χ0) is 27.8. The van der Waals surface area contributed by atoms with Crippen molar-refractivity contribution < 1.29 is 4.74 Å². The predicted octanol–water partition coefficient (Wildman–Crippen LogP) is 8.09. The van der Waals surface area contributed by atoms with E-state index < -0.39 is 0 Å². The third-order valence-electron chi connectivity index (χ3n) is 9.80. The lowest BCUT2D eigenvalue weighted by atomic mass is 9.33. The zero-order valence-corrected chi connectivity index (χ0v) is 24.9. The maximum absolute atomic E-state index is 7.02. The number of rotatable bonds is 4. The number of hydrogen-bond acceptors (Lipinski definition) is 2. The average molecular weight is 526 g/mol. The molecule has 4 aromatic carbocycles. The van der Waals surface area contributed by atoms with E-state index in [0.717, 1.165) is 24.3 Å². The fourth-order valence-electron chi connectivity index (χ4n) is 7.43. The number of aryl methyl sites for hydroxylation is 2. The molecule has 0 radical (unpaired) electrons. The molecule has 0 aromatic heterocycles. The van der Waals surface area contributed by atoms with Crippen LogP contribution in [-0.4, -0.2) is 6.71 Å². The number of nitrogens with zero attached hydrogens (tertiary/aromatic N) is 1. The van der Waals surface area contributed by atoms with E-state index in [1.54, 1.807) is 0 Å². The van der Waals surface area contributed by atoms with Crippen molar-refractivity contribution in [1.29, 1.82) is 0 Å². The molecule has 0 unspecified atom stereocenters. The highest BCUT2D eigenvalue weighted by molar-refractivity contribution is 6.99. The van der Waals surface area contributed by atoms with Gasteiger partial charge in [0.25, 0.3) is 6.71 Å². The summed E-state index contributed by atoms with van der Waals surface area (Å²) in [6.45, 7) is 14.3. The molecule has 0 saturated carbocycles. The third kappa shape index (κ3) is 3.77. The Morgan fingerprint density at radius 3 is 2.35 bits per heavy atom. The Bertz CT molecular complexity index is 1630. The van der Waals surface area contributed by atoms with Crippen molar-refractivity contribution in [3.8, 4) is 11.5 Å². The van der Waals surface area contributed by atoms with Gasteiger partial charge in [0.05, 0.1) is 0 Å². The van der Waals surface area contributed by atoms with Gasteiger partial charge in [-0.2, -0.15) is 0 Å². The highest BCUT2D eigenvalue weighted by Gasteiger charge is 2.48. The second kappa shape index (κ2) is 9.03. The van der Waals surface area contributed by atoms with Crippen LogP contribution in [0.2, 0.25) is 0 Å². The summed E-state index contributed by atoms with van der Waals surface area (Å²) in [5, 5.41) is 0. The van der Waals surface area contributed by atoms with Crippen LogP contribution >= 0.6 is 0 Å². The lowest BCUT2D eigenvalue weighted by Crippen LogP contribution is -2.60. The Morgan fingerprint density at radius 2 is 1.57 bits per heavy atom. The van der Waals surface area contributed by atoms with E-state index in [2.05, 4.69) is 119 Å². The van der Waals surface area contributed by atoms with Crippen LogP contribution in [0.4, 0.5) is 17.1 Å². The van der Waals surface area contributed by atoms with Crippen molar-refractivity contribution in [3.63, 3.8) is 0 Å². The van der Waals surface area contributed by atoms with Crippen LogP contribution < -0.4 is 26.0 Å². The maximum Gasteiger partial charge on any atom is 0.256 e. The van der Waals surface area contributed by atoms with Gasteiger partial charge in [0.15, 0.2) is 0 Å². The molecule has 0 atom stereocenters. The molecule has 0 N–H and O–H groups in total. The molecular weight excluding hydrogens is 485 g/mol. The largest absolute Gasteiger partial charge is 0.458 e. The van der Waals surface area contributed by atoms with Gasteiger partial charge in [0.1, 0.15) is 11.5 Å². The summed E-state index contributed by atoms with van der Waals surface area (Å²) in [6.07, 6.45) is 5.92. The molecule has 4 aromatic rings. The van der Waals surface area contributed by atoms with Gasteiger partial charge in [-0.25, -0.2) is 0 Å². The monoisotopic (exact) mass is 525 g/mol. The first-order chi connectivity index (χ1) is 19.2. The minimum atomic E-state index is 0.0463. The minimum absolute atomic E-state index is 0.0463. The molecule has 0 spiro atoms. The number of anilines is 3. The SMILES string of the molecule is CCCCc1ccc(N2c3ccc(C)cc3B3c4ccccc4Oc4c3c2cc2c4C(C)(C)CCC2(C)C)cc1. The van der Waals surface area contributed by atoms with Gasteiger partial charge in [-0.15, -0.1) is 0 Å². The van der Waals surface area contributed by atoms with Gasteiger partial charge in [-0.1, -0.05) is 89.1 Å². The van der Waals surface area contributed by atoms with Gasteiger partial charge in [0.2, 0.25) is 0 Å². The van der Waals surface area contributed by atoms with Crippen LogP contribution in [0, 0.1) is 6.92 Å². The molecule has 3 aliphatic rings. The molecule has 2 nitrogen and oxygen atoms in total. The topological polar surface area (TPSA) is 12.5 Å². The third-order valence-corrected chi connectivity index (χ3v) is 9.80. The standard InChI is InChI=1S/C37H40BNO/c1-7-8-11-25-15-17-26(18-16-25)39-30-19-14-24(2)22-29(30)38-28-12-9-10-13-32(28)40-35-33-27(23-31(39)34(35)38)36(3,4)20-21-37(33,5)6/h9-10,12-19,22-23H,7-8,11,20-21H2,1-6H3. The Morgan fingerprint density at radius 1 is 0.825 bits per heavy atom. The van der Waals surface area contributed by atoms with Crippen molar-refractivity contribution in [3.05, 3.63) is 95.1 Å². The number of para-hydroxylation sites is 1. The summed E-state index contributed by atoms with van der Waals surface area (Å²) in [5.41, 5.74) is 13.4. The first kappa shape index (κ1) is 25.5. The normalized spacial score (nSPS) is 17.4. The molecule has 0 saturated heterocycles. The van der Waals surface area contributed by atoms with E-state index in [1.165, 1.54) is 75.0 Å². The van der Waals surface area contributed by atoms with Crippen LogP contribution in [-0.2, 0) is 17.3 Å². The van der Waals surface area contributed by atoms with Crippen LogP contribution in [0.25, 0.3) is 0 Å². The number of unbranched alkanes of at least 4 members (excludes halogenated alkanes) is 1. The second-order valence-electron chi connectivity index (χ2n) is 13.6. The summed E-state index contributed by atoms with van der Waals surface area (Å²) in [7, 11) is 0. The molecule has 202 valence electrons. The summed E-state index contributed by atoms with van der Waals surface area (Å²) in [6, 6.07) is 27.6. The summed E-state index contributed by atoms with van der Waals surface area (Å²) >= 11 is 0. The molecule has 0 fully saturated rings. The Balaban J connectivity index is 1.55. The zero-order valence-electron chi connectivity index (χ0n) is 24.9. The number of fused-ring (bicyclic) bond motifs is 6. The van der Waals surface area contributed by atoms with Crippen molar-refractivity contribution in [1.82, 2.24) is 0 Å². The lowest BCUT2D eigenvalue weighted by molar-refractivity contribution is 0.320. The Kier molecular flexibility index (Phi) is 5.76. The van der Waals surface area contributed by atoms with Gasteiger partial charge in [0, 0.05) is 22.6 Å². The van der Waals surface area contributed by atoms with Crippen molar-refractivity contribution in [2.24, 2.45) is 0 Å². The lowest BCUT2D eigenvalue weighted by Gasteiger charge is -2.47. The van der Waals surface area contributed by atoms with Crippen LogP contribution in [0.3, 0.4) is 0 Å². The van der Waals surface area contributed by atoms with Crippen LogP contribution in [0.15, 0.2) is 72.8 Å². The van der Waals surface area contributed by atoms with Crippen LogP contribution in [0.1, 0.15) is 82.6 Å². The molecular formula is C37H40BNO. The maximum atomic E-state index is 7.02. The van der Waals surface area contributed by atoms with Gasteiger partial charge < -0.3 is 9.64 Å². The van der Waals surface area contributed by atoms with E-state index >= 15 is 0 Å². The van der Waals surface area contributed by atoms with Gasteiger partial charge >= 0.3 is 0 Å². The van der Waals surface area contributed by atoms with E-state index in [4.69, 9.17) is 4.74 Å². The number of benzene rings is 4. The Labute approximate surface area is 240 Å². The number of hydrogen-bond donors (Lipinski definition) is 0. The summed E-state index contributed by atoms with van der Waals surface area (Å²) in [5.74, 6) is 2.10. The van der Waals surface area contributed by atoms with E-state index in [-0.39, 0.29) is 17.5 Å².